The molecule has 3 aromatic rings. The second-order valence-electron chi connectivity index (χ2n) is 6.51. The first-order valence-electron chi connectivity index (χ1n) is 8.93. The zero-order valence-corrected chi connectivity index (χ0v) is 19.8. The maximum absolute atomic E-state index is 7.00. The minimum Gasteiger partial charge on any atom is -0.147 e. The third-order valence-electron chi connectivity index (χ3n) is 3.85. The van der Waals surface area contributed by atoms with Crippen molar-refractivity contribution in [1.29, 1.82) is 0 Å². The molecule has 0 saturated carbocycles. The third-order valence-corrected chi connectivity index (χ3v) is 3.85. The van der Waals surface area contributed by atoms with Gasteiger partial charge in [-0.25, -0.2) is 0 Å². The van der Waals surface area contributed by atoms with E-state index in [-0.39, 0.29) is 0 Å². The van der Waals surface area contributed by atoms with Gasteiger partial charge in [-0.2, -0.15) is 20.8 Å². The van der Waals surface area contributed by atoms with Gasteiger partial charge >= 0.3 is 35.6 Å². The van der Waals surface area contributed by atoms with Gasteiger partial charge in [-0.15, -0.1) is 35.9 Å². The van der Waals surface area contributed by atoms with E-state index in [1.54, 1.807) is 0 Å². The molecule has 1 nitrogen and oxygen atoms in total. The topological polar surface area (TPSA) is 20.2 Å². The summed E-state index contributed by atoms with van der Waals surface area (Å²) in [7, 11) is 10.8. The van der Waals surface area contributed by atoms with Gasteiger partial charge in [-0.05, 0) is 23.1 Å². The zero-order valence-electron chi connectivity index (χ0n) is 16.8. The zero-order chi connectivity index (χ0) is 20.9. The number of aliphatic hydroxyl groups excluding tert-OH is 1. The van der Waals surface area contributed by atoms with E-state index in [4.69, 9.17) is 23.7 Å². The van der Waals surface area contributed by atoms with Crippen molar-refractivity contribution in [3.63, 3.8) is 0 Å². The molecule has 0 heterocycles. The van der Waals surface area contributed by atoms with Crippen LogP contribution in [0.2, 0.25) is 0 Å². The van der Waals surface area contributed by atoms with Crippen LogP contribution >= 0.6 is 18.6 Å². The summed E-state index contributed by atoms with van der Waals surface area (Å²) in [4.78, 5) is 0. The van der Waals surface area contributed by atoms with E-state index in [0.29, 0.717) is 0 Å². The van der Waals surface area contributed by atoms with Crippen LogP contribution in [0.15, 0.2) is 66.7 Å². The minimum absolute atomic E-state index is 0.556. The fourth-order valence-electron chi connectivity index (χ4n) is 2.97. The molecule has 0 amide bonds. The van der Waals surface area contributed by atoms with Crippen LogP contribution in [0.4, 0.5) is 0 Å². The minimum atomic E-state index is -0.556. The van der Waals surface area contributed by atoms with E-state index in [1.165, 1.54) is 39.3 Å². The molecule has 1 aliphatic carbocycles. The van der Waals surface area contributed by atoms with Crippen LogP contribution < -0.4 is 0 Å². The molecule has 4 rings (SSSR count). The van der Waals surface area contributed by atoms with Gasteiger partial charge in [0, 0.05) is 7.11 Å². The smallest absolute Gasteiger partial charge is 0.00948 e. The Hall–Kier alpha value is -1.09. The van der Waals surface area contributed by atoms with E-state index in [9.17, 15) is 0 Å². The fraction of sp³-hybridized carbons (Fsp3) is 0.208. The predicted octanol–water partition coefficient (Wildman–Crippen LogP) is 7.33. The third kappa shape index (κ3) is 7.39. The number of hydrogen-bond acceptors (Lipinski definition) is 1. The number of hydrogen-bond donors (Lipinski definition) is 1. The Balaban J connectivity index is 0.000000376. The quantitative estimate of drug-likeness (QED) is 0.238. The molecule has 0 unspecified atom stereocenters. The van der Waals surface area contributed by atoms with E-state index >= 15 is 0 Å². The summed E-state index contributed by atoms with van der Waals surface area (Å²) in [6, 6.07) is 26.8. The van der Waals surface area contributed by atoms with Gasteiger partial charge < -0.3 is 11.0 Å². The average Bonchev–Trinajstić information content (AvgIpc) is 3.09. The van der Waals surface area contributed by atoms with Crippen LogP contribution in [0.3, 0.4) is 0 Å². The summed E-state index contributed by atoms with van der Waals surface area (Å²) in [6.45, 7) is 6.25. The molecule has 148 valence electrons. The molecule has 0 aromatic heterocycles. The number of benzene rings is 3. The summed E-state index contributed by atoms with van der Waals surface area (Å²) in [5.74, 6) is 1.42. The molecular formula is C24H26Cl2OTi-2. The van der Waals surface area contributed by atoms with Gasteiger partial charge in [-0.3, -0.25) is 0 Å². The Morgan fingerprint density at radius 1 is 0.821 bits per heavy atom. The van der Waals surface area contributed by atoms with Gasteiger partial charge in [0.15, 0.2) is 0 Å². The summed E-state index contributed by atoms with van der Waals surface area (Å²) in [5.41, 5.74) is 8.13. The van der Waals surface area contributed by atoms with Crippen molar-refractivity contribution in [3.8, 4) is 22.3 Å². The van der Waals surface area contributed by atoms with Crippen molar-refractivity contribution in [2.24, 2.45) is 0 Å². The molecule has 0 aliphatic heterocycles. The Morgan fingerprint density at radius 3 is 1.96 bits per heavy atom. The first-order chi connectivity index (χ1) is 13.6. The molecule has 1 aliphatic rings. The molecule has 3 aromatic carbocycles. The van der Waals surface area contributed by atoms with Crippen molar-refractivity contribution < 1.29 is 22.1 Å². The Kier molecular flexibility index (Phi) is 12.5. The normalized spacial score (nSPS) is 10.1. The van der Waals surface area contributed by atoms with Crippen molar-refractivity contribution in [2.75, 3.05) is 7.11 Å². The van der Waals surface area contributed by atoms with E-state index in [2.05, 4.69) is 81.4 Å². The van der Waals surface area contributed by atoms with Gasteiger partial charge in [0.1, 0.15) is 0 Å². The monoisotopic (exact) mass is 448 g/mol. The number of fused-ring (bicyclic) bond motifs is 3. The molecular weight excluding hydrogens is 423 g/mol. The van der Waals surface area contributed by atoms with Gasteiger partial charge in [-0.1, -0.05) is 53.6 Å². The van der Waals surface area contributed by atoms with Gasteiger partial charge in [0.25, 0.3) is 0 Å². The van der Waals surface area contributed by atoms with E-state index in [1.807, 2.05) is 12.1 Å². The molecule has 0 bridgehead atoms. The second-order valence-corrected chi connectivity index (χ2v) is 9.09. The SMILES string of the molecule is CO.C[C-](C)C.[Cl][Ti][Cl].[c-]1ccccc1-c1cccc2c1Cc1ccccc1-2. The first-order valence-corrected chi connectivity index (χ1v) is 13.2. The van der Waals surface area contributed by atoms with Crippen LogP contribution in [-0.4, -0.2) is 12.2 Å². The average molecular weight is 449 g/mol. The Labute approximate surface area is 186 Å². The molecule has 4 heteroatoms. The Morgan fingerprint density at radius 2 is 1.36 bits per heavy atom. The van der Waals surface area contributed by atoms with Crippen molar-refractivity contribution >= 4 is 18.6 Å². The van der Waals surface area contributed by atoms with Crippen LogP contribution in [0.1, 0.15) is 31.9 Å². The van der Waals surface area contributed by atoms with Crippen molar-refractivity contribution in [3.05, 3.63) is 89.8 Å². The largest absolute Gasteiger partial charge is 0.147 e. The molecule has 28 heavy (non-hydrogen) atoms. The molecule has 0 saturated heterocycles. The van der Waals surface area contributed by atoms with Crippen LogP contribution in [0.5, 0.6) is 0 Å². The van der Waals surface area contributed by atoms with Crippen molar-refractivity contribution in [2.45, 2.75) is 27.2 Å². The maximum atomic E-state index is 7.00. The number of halogens is 2. The summed E-state index contributed by atoms with van der Waals surface area (Å²) in [5, 5.41) is 7.00. The molecule has 0 atom stereocenters. The summed E-state index contributed by atoms with van der Waals surface area (Å²) >= 11 is -0.556. The molecule has 0 radical (unpaired) electrons. The van der Waals surface area contributed by atoms with Gasteiger partial charge in [0.2, 0.25) is 0 Å². The standard InChI is InChI=1S/C19H13.C4H9.CH4O.2ClH.Ti/c1-2-7-14(8-3-1)16-11-6-12-18-17-10-5-4-9-15(17)13-19(16)18;1-4(2)3;1-2;;;/h1-7,9-12H,13H2;1-3H3;2H,1H3;2*1H;/q2*-1;;;;+2/p-2. The van der Waals surface area contributed by atoms with E-state index < -0.39 is 17.0 Å². The second kappa shape index (κ2) is 14.0. The van der Waals surface area contributed by atoms with Crippen LogP contribution in [0.25, 0.3) is 22.3 Å². The Bertz CT molecular complexity index is 817. The van der Waals surface area contributed by atoms with Gasteiger partial charge in [0.05, 0.1) is 0 Å². The van der Waals surface area contributed by atoms with Crippen molar-refractivity contribution in [1.82, 2.24) is 0 Å². The van der Waals surface area contributed by atoms with Crippen LogP contribution in [-0.2, 0) is 23.5 Å². The van der Waals surface area contributed by atoms with Crippen LogP contribution in [0, 0.1) is 12.0 Å². The first kappa shape index (κ1) is 25.0. The molecule has 0 spiro atoms. The maximum Gasteiger partial charge on any atom is -0.00948 e. The fourth-order valence-corrected chi connectivity index (χ4v) is 2.97. The summed E-state index contributed by atoms with van der Waals surface area (Å²) in [6.07, 6.45) is 1.03. The molecule has 1 N–H and O–H groups in total. The molecule has 0 fully saturated rings. The van der Waals surface area contributed by atoms with E-state index in [0.717, 1.165) is 13.5 Å². The summed E-state index contributed by atoms with van der Waals surface area (Å²) < 4.78 is 0. The number of rotatable bonds is 1. The predicted molar refractivity (Wildman–Crippen MR) is 119 cm³/mol. The number of aliphatic hydroxyl groups is 1.